The zero-order valence-corrected chi connectivity index (χ0v) is 12.7. The number of aryl methyl sites for hydroxylation is 1. The van der Waals surface area contributed by atoms with Gasteiger partial charge in [0, 0.05) is 25.3 Å². The Morgan fingerprint density at radius 3 is 2.86 bits per heavy atom. The molecule has 0 aliphatic carbocycles. The van der Waals surface area contributed by atoms with Gasteiger partial charge in [-0.3, -0.25) is 4.90 Å². The Morgan fingerprint density at radius 2 is 2.10 bits per heavy atom. The van der Waals surface area contributed by atoms with Crippen molar-refractivity contribution in [3.63, 3.8) is 0 Å². The molecule has 0 radical (unpaired) electrons. The predicted molar refractivity (Wildman–Crippen MR) is 81.8 cm³/mol. The summed E-state index contributed by atoms with van der Waals surface area (Å²) < 4.78 is 5.46. The van der Waals surface area contributed by atoms with Crippen LogP contribution in [-0.4, -0.2) is 53.7 Å². The highest BCUT2D eigenvalue weighted by atomic mass is 16.5. The molecule has 1 unspecified atom stereocenters. The van der Waals surface area contributed by atoms with E-state index >= 15 is 0 Å². The molecule has 0 bridgehead atoms. The first-order valence-electron chi connectivity index (χ1n) is 7.14. The van der Waals surface area contributed by atoms with E-state index in [1.165, 1.54) is 0 Å². The van der Waals surface area contributed by atoms with Crippen LogP contribution < -0.4 is 5.73 Å². The summed E-state index contributed by atoms with van der Waals surface area (Å²) in [5.41, 5.74) is 8.59. The molecule has 0 saturated carbocycles. The van der Waals surface area contributed by atoms with Crippen LogP contribution in [0.1, 0.15) is 17.4 Å². The number of anilines is 1. The Bertz CT molecular complexity index is 618. The molecule has 112 valence electrons. The first kappa shape index (κ1) is 14.0. The van der Waals surface area contributed by atoms with E-state index in [2.05, 4.69) is 34.0 Å². The molecule has 1 atom stereocenters. The van der Waals surface area contributed by atoms with Gasteiger partial charge in [-0.05, 0) is 32.6 Å². The van der Waals surface area contributed by atoms with Gasteiger partial charge in [0.25, 0.3) is 5.89 Å². The Morgan fingerprint density at radius 1 is 1.29 bits per heavy atom. The summed E-state index contributed by atoms with van der Waals surface area (Å²) in [6.45, 7) is 4.95. The third kappa shape index (κ3) is 2.64. The van der Waals surface area contributed by atoms with E-state index in [1.807, 2.05) is 25.1 Å². The summed E-state index contributed by atoms with van der Waals surface area (Å²) in [5.74, 6) is 1.23. The van der Waals surface area contributed by atoms with Crippen molar-refractivity contribution in [2.45, 2.75) is 13.0 Å². The number of nitrogens with zero attached hydrogens (tertiary/aromatic N) is 4. The van der Waals surface area contributed by atoms with Crippen molar-refractivity contribution in [1.82, 2.24) is 19.9 Å². The van der Waals surface area contributed by atoms with Crippen LogP contribution in [0.25, 0.3) is 11.5 Å². The smallest absolute Gasteiger partial charge is 0.260 e. The fourth-order valence-corrected chi connectivity index (χ4v) is 2.74. The van der Waals surface area contributed by atoms with Gasteiger partial charge in [0.2, 0.25) is 0 Å². The fourth-order valence-electron chi connectivity index (χ4n) is 2.74. The van der Waals surface area contributed by atoms with E-state index in [9.17, 15) is 0 Å². The SMILES string of the molecule is Cc1cccc(N)c1-c1nc(C2CN(C)CCN2C)no1. The number of piperazine rings is 1. The fraction of sp³-hybridized carbons (Fsp3) is 0.467. The van der Waals surface area contributed by atoms with E-state index in [0.29, 0.717) is 11.6 Å². The van der Waals surface area contributed by atoms with Crippen molar-refractivity contribution in [1.29, 1.82) is 0 Å². The van der Waals surface area contributed by atoms with Gasteiger partial charge in [0.05, 0.1) is 11.6 Å². The lowest BCUT2D eigenvalue weighted by atomic mass is 10.1. The number of nitrogen functional groups attached to an aromatic ring is 1. The van der Waals surface area contributed by atoms with Gasteiger partial charge in [0.15, 0.2) is 5.82 Å². The van der Waals surface area contributed by atoms with Gasteiger partial charge in [-0.15, -0.1) is 0 Å². The molecule has 1 aliphatic heterocycles. The maximum Gasteiger partial charge on any atom is 0.260 e. The number of nitrogens with two attached hydrogens (primary N) is 1. The molecular weight excluding hydrogens is 266 g/mol. The topological polar surface area (TPSA) is 71.4 Å². The summed E-state index contributed by atoms with van der Waals surface area (Å²) in [7, 11) is 4.20. The van der Waals surface area contributed by atoms with Gasteiger partial charge in [0.1, 0.15) is 0 Å². The van der Waals surface area contributed by atoms with Crippen molar-refractivity contribution in [2.24, 2.45) is 0 Å². The van der Waals surface area contributed by atoms with Gasteiger partial charge in [-0.2, -0.15) is 4.98 Å². The predicted octanol–water partition coefficient (Wildman–Crippen LogP) is 1.55. The third-order valence-electron chi connectivity index (χ3n) is 4.11. The van der Waals surface area contributed by atoms with E-state index in [-0.39, 0.29) is 6.04 Å². The molecule has 2 heterocycles. The van der Waals surface area contributed by atoms with Crippen molar-refractivity contribution in [3.05, 3.63) is 29.6 Å². The second-order valence-electron chi connectivity index (χ2n) is 5.76. The average molecular weight is 287 g/mol. The second kappa shape index (κ2) is 5.46. The summed E-state index contributed by atoms with van der Waals surface area (Å²) in [6, 6.07) is 5.93. The molecule has 3 rings (SSSR count). The summed E-state index contributed by atoms with van der Waals surface area (Å²) in [6.07, 6.45) is 0. The standard InChI is InChI=1S/C15H21N5O/c1-10-5-4-6-11(16)13(10)15-17-14(18-21-15)12-9-19(2)7-8-20(12)3/h4-6,12H,7-9,16H2,1-3H3. The highest BCUT2D eigenvalue weighted by Crippen LogP contribution is 2.30. The first-order valence-corrected chi connectivity index (χ1v) is 7.14. The van der Waals surface area contributed by atoms with E-state index < -0.39 is 0 Å². The molecule has 1 fully saturated rings. The maximum atomic E-state index is 6.04. The van der Waals surface area contributed by atoms with Crippen molar-refractivity contribution in [3.8, 4) is 11.5 Å². The maximum absolute atomic E-state index is 6.04. The minimum atomic E-state index is 0.159. The highest BCUT2D eigenvalue weighted by molar-refractivity contribution is 5.73. The summed E-state index contributed by atoms with van der Waals surface area (Å²) in [4.78, 5) is 9.12. The molecule has 6 heteroatoms. The second-order valence-corrected chi connectivity index (χ2v) is 5.76. The lowest BCUT2D eigenvalue weighted by molar-refractivity contribution is 0.108. The highest BCUT2D eigenvalue weighted by Gasteiger charge is 2.28. The molecule has 1 saturated heterocycles. The Labute approximate surface area is 124 Å². The molecule has 2 N–H and O–H groups in total. The summed E-state index contributed by atoms with van der Waals surface area (Å²) >= 11 is 0. The molecule has 0 amide bonds. The van der Waals surface area contributed by atoms with Crippen LogP contribution in [0.4, 0.5) is 5.69 Å². The first-order chi connectivity index (χ1) is 10.1. The summed E-state index contributed by atoms with van der Waals surface area (Å²) in [5, 5.41) is 4.17. The molecule has 2 aromatic rings. The van der Waals surface area contributed by atoms with Crippen molar-refractivity contribution < 1.29 is 4.52 Å². The normalized spacial score (nSPS) is 20.8. The molecule has 1 aliphatic rings. The Kier molecular flexibility index (Phi) is 3.65. The zero-order valence-electron chi connectivity index (χ0n) is 12.7. The quantitative estimate of drug-likeness (QED) is 0.845. The third-order valence-corrected chi connectivity index (χ3v) is 4.11. The number of benzene rings is 1. The Balaban J connectivity index is 1.93. The van der Waals surface area contributed by atoms with Gasteiger partial charge < -0.3 is 15.2 Å². The van der Waals surface area contributed by atoms with Gasteiger partial charge >= 0.3 is 0 Å². The van der Waals surface area contributed by atoms with Gasteiger partial charge in [-0.1, -0.05) is 17.3 Å². The zero-order chi connectivity index (χ0) is 15.0. The van der Waals surface area contributed by atoms with E-state index in [0.717, 1.165) is 36.6 Å². The number of hydrogen-bond acceptors (Lipinski definition) is 6. The Hall–Kier alpha value is -1.92. The molecule has 6 nitrogen and oxygen atoms in total. The lowest BCUT2D eigenvalue weighted by Crippen LogP contribution is -2.45. The van der Waals surface area contributed by atoms with Crippen LogP contribution in [0, 0.1) is 6.92 Å². The number of hydrogen-bond donors (Lipinski definition) is 1. The molecular formula is C15H21N5O. The molecule has 1 aromatic carbocycles. The number of aromatic nitrogens is 2. The van der Waals surface area contributed by atoms with Crippen LogP contribution in [-0.2, 0) is 0 Å². The molecule has 0 spiro atoms. The lowest BCUT2D eigenvalue weighted by Gasteiger charge is -2.35. The van der Waals surface area contributed by atoms with Gasteiger partial charge in [-0.25, -0.2) is 0 Å². The van der Waals surface area contributed by atoms with Crippen LogP contribution in [0.2, 0.25) is 0 Å². The van der Waals surface area contributed by atoms with Crippen LogP contribution in [0.3, 0.4) is 0 Å². The number of rotatable bonds is 2. The average Bonchev–Trinajstić information content (AvgIpc) is 2.90. The number of likely N-dealkylation sites (N-methyl/N-ethyl adjacent to an activating group) is 2. The monoisotopic (exact) mass is 287 g/mol. The molecule has 1 aromatic heterocycles. The molecule has 21 heavy (non-hydrogen) atoms. The minimum absolute atomic E-state index is 0.159. The van der Waals surface area contributed by atoms with Crippen molar-refractivity contribution >= 4 is 5.69 Å². The van der Waals surface area contributed by atoms with Crippen LogP contribution in [0.5, 0.6) is 0 Å². The van der Waals surface area contributed by atoms with Crippen LogP contribution >= 0.6 is 0 Å². The van der Waals surface area contributed by atoms with E-state index in [1.54, 1.807) is 0 Å². The largest absolute Gasteiger partial charge is 0.398 e. The van der Waals surface area contributed by atoms with Crippen molar-refractivity contribution in [2.75, 3.05) is 39.5 Å². The minimum Gasteiger partial charge on any atom is -0.398 e. The van der Waals surface area contributed by atoms with Crippen LogP contribution in [0.15, 0.2) is 22.7 Å². The van der Waals surface area contributed by atoms with E-state index in [4.69, 9.17) is 10.3 Å².